The third kappa shape index (κ3) is 5.44. The number of nitrogens with one attached hydrogen (secondary N) is 2. The molecule has 1 fully saturated rings. The highest BCUT2D eigenvalue weighted by Gasteiger charge is 2.31. The highest BCUT2D eigenvalue weighted by molar-refractivity contribution is 6.31. The summed E-state index contributed by atoms with van der Waals surface area (Å²) in [6.07, 6.45) is 3.12. The second kappa shape index (κ2) is 9.37. The number of piperidine rings is 1. The normalized spacial score (nSPS) is 18.3. The lowest BCUT2D eigenvalue weighted by Crippen LogP contribution is -2.49. The van der Waals surface area contributed by atoms with Crippen molar-refractivity contribution in [1.29, 1.82) is 0 Å². The zero-order valence-corrected chi connectivity index (χ0v) is 17.0. The molecule has 0 aliphatic carbocycles. The van der Waals surface area contributed by atoms with E-state index in [1.54, 1.807) is 36.4 Å². The summed E-state index contributed by atoms with van der Waals surface area (Å²) >= 11 is 11.8. The topological polar surface area (TPSA) is 74.3 Å². The highest BCUT2D eigenvalue weighted by atomic mass is 35.5. The minimum Gasteiger partial charge on any atom is -0.325 e. The van der Waals surface area contributed by atoms with E-state index in [0.29, 0.717) is 28.1 Å². The number of likely N-dealkylation sites (tertiary alicyclic amines) is 1. The number of amides is 2. The maximum absolute atomic E-state index is 12.6. The molecule has 148 valence electrons. The van der Waals surface area contributed by atoms with Crippen molar-refractivity contribution in [1.82, 2.24) is 9.88 Å². The molecule has 2 atom stereocenters. The van der Waals surface area contributed by atoms with Crippen LogP contribution in [0.3, 0.4) is 0 Å². The van der Waals surface area contributed by atoms with E-state index in [2.05, 4.69) is 15.6 Å². The fraction of sp³-hybridized carbons (Fsp3) is 0.350. The lowest BCUT2D eigenvalue weighted by atomic mass is 9.96. The smallest absolute Gasteiger partial charge is 0.241 e. The average Bonchev–Trinajstić information content (AvgIpc) is 2.69. The van der Waals surface area contributed by atoms with Gasteiger partial charge in [0.1, 0.15) is 5.82 Å². The van der Waals surface area contributed by atoms with Crippen LogP contribution in [0.25, 0.3) is 0 Å². The van der Waals surface area contributed by atoms with Crippen LogP contribution in [0.4, 0.5) is 11.5 Å². The first-order valence-corrected chi connectivity index (χ1v) is 9.91. The lowest BCUT2D eigenvalue weighted by Gasteiger charge is -2.35. The molecular formula is C20H22Cl2N4O2. The van der Waals surface area contributed by atoms with Gasteiger partial charge in [0.25, 0.3) is 0 Å². The van der Waals surface area contributed by atoms with E-state index in [0.717, 1.165) is 19.4 Å². The third-order valence-corrected chi connectivity index (χ3v) is 5.28. The van der Waals surface area contributed by atoms with Crippen molar-refractivity contribution >= 4 is 46.5 Å². The van der Waals surface area contributed by atoms with Crippen LogP contribution < -0.4 is 10.6 Å². The zero-order valence-electron chi connectivity index (χ0n) is 15.5. The van der Waals surface area contributed by atoms with Gasteiger partial charge in [-0.1, -0.05) is 29.3 Å². The van der Waals surface area contributed by atoms with Crippen molar-refractivity contribution in [3.8, 4) is 0 Å². The summed E-state index contributed by atoms with van der Waals surface area (Å²) in [5, 5.41) is 6.78. The van der Waals surface area contributed by atoms with Crippen molar-refractivity contribution < 1.29 is 9.59 Å². The summed E-state index contributed by atoms with van der Waals surface area (Å²) in [5.41, 5.74) is 0.657. The van der Waals surface area contributed by atoms with Crippen molar-refractivity contribution in [3.05, 3.63) is 52.6 Å². The number of benzene rings is 1. The fourth-order valence-corrected chi connectivity index (χ4v) is 3.53. The quantitative estimate of drug-likeness (QED) is 0.764. The Hall–Kier alpha value is -2.15. The molecule has 28 heavy (non-hydrogen) atoms. The minimum atomic E-state index is -0.358. The van der Waals surface area contributed by atoms with Crippen molar-refractivity contribution in [2.75, 3.05) is 23.7 Å². The van der Waals surface area contributed by atoms with Crippen LogP contribution in [0, 0.1) is 5.92 Å². The summed E-state index contributed by atoms with van der Waals surface area (Å²) in [6.45, 7) is 3.14. The van der Waals surface area contributed by atoms with Gasteiger partial charge in [-0.2, -0.15) is 0 Å². The van der Waals surface area contributed by atoms with Gasteiger partial charge in [-0.3, -0.25) is 14.5 Å². The maximum Gasteiger partial charge on any atom is 0.241 e. The summed E-state index contributed by atoms with van der Waals surface area (Å²) in [5.74, 6) is 0.0515. The Labute approximate surface area is 174 Å². The number of carbonyl (C=O) groups is 2. The first-order chi connectivity index (χ1) is 13.4. The van der Waals surface area contributed by atoms with Crippen LogP contribution in [-0.2, 0) is 9.59 Å². The molecule has 1 aliphatic rings. The van der Waals surface area contributed by atoms with E-state index in [9.17, 15) is 9.59 Å². The molecule has 1 saturated heterocycles. The SMILES string of the molecule is CC(C(=O)Nc1cccc(Cl)c1)N1CCCC(C(=O)Nc2ccc(Cl)cn2)C1. The van der Waals surface area contributed by atoms with E-state index in [1.807, 2.05) is 11.8 Å². The van der Waals surface area contributed by atoms with Crippen molar-refractivity contribution in [3.63, 3.8) is 0 Å². The van der Waals surface area contributed by atoms with Gasteiger partial charge in [0.2, 0.25) is 11.8 Å². The first kappa shape index (κ1) is 20.6. The second-order valence-electron chi connectivity index (χ2n) is 6.86. The highest BCUT2D eigenvalue weighted by Crippen LogP contribution is 2.22. The molecule has 2 heterocycles. The molecule has 2 aromatic rings. The van der Waals surface area contributed by atoms with Crippen LogP contribution >= 0.6 is 23.2 Å². The molecule has 0 saturated carbocycles. The van der Waals surface area contributed by atoms with Gasteiger partial charge in [-0.25, -0.2) is 4.98 Å². The van der Waals surface area contributed by atoms with Gasteiger partial charge in [0, 0.05) is 23.5 Å². The van der Waals surface area contributed by atoms with Crippen LogP contribution in [0.2, 0.25) is 10.0 Å². The number of pyridine rings is 1. The molecule has 6 nitrogen and oxygen atoms in total. The number of carbonyl (C=O) groups excluding carboxylic acids is 2. The van der Waals surface area contributed by atoms with Gasteiger partial charge in [0.15, 0.2) is 0 Å². The van der Waals surface area contributed by atoms with Crippen molar-refractivity contribution in [2.45, 2.75) is 25.8 Å². The summed E-state index contributed by atoms with van der Waals surface area (Å²) in [7, 11) is 0. The summed E-state index contributed by atoms with van der Waals surface area (Å²) < 4.78 is 0. The molecule has 8 heteroatoms. The standard InChI is InChI=1S/C20H22Cl2N4O2/c1-13(19(27)24-17-6-2-5-15(21)10-17)26-9-3-4-14(12-26)20(28)25-18-8-7-16(22)11-23-18/h2,5-8,10-11,13-14H,3-4,9,12H2,1H3,(H,24,27)(H,23,25,28). The third-order valence-electron chi connectivity index (χ3n) is 4.82. The number of hydrogen-bond donors (Lipinski definition) is 2. The maximum atomic E-state index is 12.6. The Morgan fingerprint density at radius 1 is 1.18 bits per heavy atom. The summed E-state index contributed by atoms with van der Waals surface area (Å²) in [6, 6.07) is 10.0. The molecule has 2 unspecified atom stereocenters. The molecule has 2 N–H and O–H groups in total. The molecule has 2 amide bonds. The Morgan fingerprint density at radius 3 is 2.71 bits per heavy atom. The van der Waals surface area contributed by atoms with Gasteiger partial charge >= 0.3 is 0 Å². The molecule has 0 bridgehead atoms. The molecule has 0 spiro atoms. The van der Waals surface area contributed by atoms with Crippen LogP contribution in [0.1, 0.15) is 19.8 Å². The Kier molecular flexibility index (Phi) is 6.88. The van der Waals surface area contributed by atoms with Crippen LogP contribution in [-0.4, -0.2) is 40.8 Å². The first-order valence-electron chi connectivity index (χ1n) is 9.15. The number of aromatic nitrogens is 1. The van der Waals surface area contributed by atoms with Crippen LogP contribution in [0.5, 0.6) is 0 Å². The van der Waals surface area contributed by atoms with E-state index >= 15 is 0 Å². The Morgan fingerprint density at radius 2 is 2.00 bits per heavy atom. The largest absolute Gasteiger partial charge is 0.325 e. The number of halogens is 2. The van der Waals surface area contributed by atoms with Crippen molar-refractivity contribution in [2.24, 2.45) is 5.92 Å². The molecular weight excluding hydrogens is 399 g/mol. The molecule has 3 rings (SSSR count). The number of hydrogen-bond acceptors (Lipinski definition) is 4. The van der Waals surface area contributed by atoms with E-state index < -0.39 is 0 Å². The van der Waals surface area contributed by atoms with Gasteiger partial charge in [0.05, 0.1) is 17.0 Å². The van der Waals surface area contributed by atoms with E-state index in [-0.39, 0.29) is 23.8 Å². The summed E-state index contributed by atoms with van der Waals surface area (Å²) in [4.78, 5) is 31.3. The molecule has 0 radical (unpaired) electrons. The fourth-order valence-electron chi connectivity index (χ4n) is 3.23. The van der Waals surface area contributed by atoms with E-state index in [1.165, 1.54) is 6.20 Å². The van der Waals surface area contributed by atoms with Crippen LogP contribution in [0.15, 0.2) is 42.6 Å². The zero-order chi connectivity index (χ0) is 20.1. The predicted octanol–water partition coefficient (Wildman–Crippen LogP) is 4.07. The number of anilines is 2. The average molecular weight is 421 g/mol. The lowest BCUT2D eigenvalue weighted by molar-refractivity contribution is -0.125. The molecule has 1 aliphatic heterocycles. The van der Waals surface area contributed by atoms with Gasteiger partial charge in [-0.15, -0.1) is 0 Å². The Balaban J connectivity index is 1.57. The minimum absolute atomic E-state index is 0.0954. The van der Waals surface area contributed by atoms with Gasteiger partial charge in [-0.05, 0) is 56.6 Å². The second-order valence-corrected chi connectivity index (χ2v) is 7.73. The predicted molar refractivity (Wildman–Crippen MR) is 112 cm³/mol. The monoisotopic (exact) mass is 420 g/mol. The number of rotatable bonds is 5. The Bertz CT molecular complexity index is 844. The van der Waals surface area contributed by atoms with Gasteiger partial charge < -0.3 is 10.6 Å². The molecule has 1 aromatic heterocycles. The number of nitrogens with zero attached hydrogens (tertiary/aromatic N) is 2. The molecule has 1 aromatic carbocycles. The van der Waals surface area contributed by atoms with E-state index in [4.69, 9.17) is 23.2 Å².